The summed E-state index contributed by atoms with van der Waals surface area (Å²) in [5, 5.41) is 9.72. The van der Waals surface area contributed by atoms with Gasteiger partial charge >= 0.3 is 5.97 Å². The van der Waals surface area contributed by atoms with Crippen LogP contribution in [0.25, 0.3) is 0 Å². The number of amides is 2. The number of imide groups is 1. The van der Waals surface area contributed by atoms with Gasteiger partial charge < -0.3 is 5.11 Å². The van der Waals surface area contributed by atoms with Crippen LogP contribution >= 0.6 is 0 Å². The lowest BCUT2D eigenvalue weighted by molar-refractivity contribution is -0.167. The van der Waals surface area contributed by atoms with E-state index in [0.29, 0.717) is 12.8 Å². The Morgan fingerprint density at radius 3 is 2.25 bits per heavy atom. The van der Waals surface area contributed by atoms with E-state index in [9.17, 15) is 19.5 Å². The molecule has 2 amide bonds. The molecule has 3 aliphatic rings. The van der Waals surface area contributed by atoms with E-state index in [2.05, 4.69) is 0 Å². The maximum atomic E-state index is 12.6. The summed E-state index contributed by atoms with van der Waals surface area (Å²) in [6.07, 6.45) is 4.91. The topological polar surface area (TPSA) is 74.7 Å². The summed E-state index contributed by atoms with van der Waals surface area (Å²) in [4.78, 5) is 38.1. The molecule has 4 unspecified atom stereocenters. The first kappa shape index (κ1) is 13.6. The Morgan fingerprint density at radius 1 is 1.15 bits per heavy atom. The molecular formula is C15H21NO4. The Labute approximate surface area is 118 Å². The second-order valence-corrected chi connectivity index (χ2v) is 6.69. The van der Waals surface area contributed by atoms with Gasteiger partial charge in [-0.3, -0.25) is 14.5 Å². The predicted octanol–water partition coefficient (Wildman–Crippen LogP) is 1.80. The van der Waals surface area contributed by atoms with E-state index in [1.54, 1.807) is 0 Å². The third-order valence-corrected chi connectivity index (χ3v) is 5.39. The molecule has 0 aromatic heterocycles. The van der Waals surface area contributed by atoms with Crippen molar-refractivity contribution in [2.45, 2.75) is 57.4 Å². The number of aliphatic carboxylic acids is 1. The predicted molar refractivity (Wildman–Crippen MR) is 70.7 cm³/mol. The van der Waals surface area contributed by atoms with Gasteiger partial charge in [0, 0.05) is 0 Å². The zero-order valence-electron chi connectivity index (χ0n) is 11.8. The summed E-state index contributed by atoms with van der Waals surface area (Å²) >= 11 is 0. The molecule has 4 atom stereocenters. The van der Waals surface area contributed by atoms with Crippen molar-refractivity contribution in [1.29, 1.82) is 0 Å². The van der Waals surface area contributed by atoms with Crippen LogP contribution in [-0.4, -0.2) is 33.3 Å². The second kappa shape index (κ2) is 4.57. The van der Waals surface area contributed by atoms with E-state index >= 15 is 0 Å². The normalized spacial score (nSPS) is 41.0. The lowest BCUT2D eigenvalue weighted by atomic mass is 9.75. The van der Waals surface area contributed by atoms with E-state index in [0.717, 1.165) is 37.0 Å². The molecule has 0 bridgehead atoms. The third kappa shape index (κ3) is 1.71. The highest BCUT2D eigenvalue weighted by Gasteiger charge is 2.60. The summed E-state index contributed by atoms with van der Waals surface area (Å²) in [5.74, 6) is -1.73. The molecule has 2 saturated carbocycles. The molecule has 5 heteroatoms. The number of likely N-dealkylation sites (tertiary alicyclic amines) is 1. The van der Waals surface area contributed by atoms with Crippen LogP contribution in [-0.2, 0) is 14.4 Å². The van der Waals surface area contributed by atoms with E-state index in [1.807, 2.05) is 6.92 Å². The number of carboxylic acid groups (broad SMARTS) is 1. The SMILES string of the molecule is CC1CCCC(C(=O)O)(N2C(=O)C3CCCC3C2=O)C1. The van der Waals surface area contributed by atoms with Crippen molar-refractivity contribution in [3.05, 3.63) is 0 Å². The van der Waals surface area contributed by atoms with Gasteiger partial charge in [0.1, 0.15) is 5.54 Å². The molecule has 0 aromatic carbocycles. The average molecular weight is 279 g/mol. The summed E-state index contributed by atoms with van der Waals surface area (Å²) in [7, 11) is 0. The van der Waals surface area contributed by atoms with Crippen LogP contribution in [0.3, 0.4) is 0 Å². The largest absolute Gasteiger partial charge is 0.479 e. The van der Waals surface area contributed by atoms with Crippen molar-refractivity contribution in [3.8, 4) is 0 Å². The maximum Gasteiger partial charge on any atom is 0.330 e. The number of carboxylic acids is 1. The van der Waals surface area contributed by atoms with Crippen LogP contribution in [0.1, 0.15) is 51.9 Å². The van der Waals surface area contributed by atoms with Gasteiger partial charge in [-0.25, -0.2) is 4.79 Å². The second-order valence-electron chi connectivity index (χ2n) is 6.69. The minimum Gasteiger partial charge on any atom is -0.479 e. The van der Waals surface area contributed by atoms with Gasteiger partial charge in [-0.2, -0.15) is 0 Å². The van der Waals surface area contributed by atoms with Gasteiger partial charge in [-0.1, -0.05) is 26.2 Å². The van der Waals surface area contributed by atoms with Crippen LogP contribution in [0.15, 0.2) is 0 Å². The lowest BCUT2D eigenvalue weighted by Gasteiger charge is -2.42. The Morgan fingerprint density at radius 2 is 1.75 bits per heavy atom. The number of rotatable bonds is 2. The smallest absolute Gasteiger partial charge is 0.330 e. The van der Waals surface area contributed by atoms with E-state index in [1.165, 1.54) is 0 Å². The van der Waals surface area contributed by atoms with Gasteiger partial charge in [0.25, 0.3) is 0 Å². The molecule has 3 rings (SSSR count). The fourth-order valence-electron chi connectivity index (χ4n) is 4.43. The quantitative estimate of drug-likeness (QED) is 0.782. The molecule has 20 heavy (non-hydrogen) atoms. The van der Waals surface area contributed by atoms with Gasteiger partial charge in [0.15, 0.2) is 0 Å². The van der Waals surface area contributed by atoms with E-state index < -0.39 is 11.5 Å². The summed E-state index contributed by atoms with van der Waals surface area (Å²) in [6, 6.07) is 0. The minimum atomic E-state index is -1.28. The van der Waals surface area contributed by atoms with Crippen molar-refractivity contribution in [3.63, 3.8) is 0 Å². The number of hydrogen-bond donors (Lipinski definition) is 1. The fourth-order valence-corrected chi connectivity index (χ4v) is 4.43. The molecule has 110 valence electrons. The third-order valence-electron chi connectivity index (χ3n) is 5.39. The summed E-state index contributed by atoms with van der Waals surface area (Å²) in [5.41, 5.74) is -1.28. The van der Waals surface area contributed by atoms with Gasteiger partial charge in [0.2, 0.25) is 11.8 Å². The van der Waals surface area contributed by atoms with E-state index in [-0.39, 0.29) is 29.6 Å². The number of hydrogen-bond acceptors (Lipinski definition) is 3. The molecular weight excluding hydrogens is 258 g/mol. The van der Waals surface area contributed by atoms with Crippen molar-refractivity contribution in [2.24, 2.45) is 17.8 Å². The Bertz CT molecular complexity index is 452. The van der Waals surface area contributed by atoms with Crippen molar-refractivity contribution in [1.82, 2.24) is 4.90 Å². The van der Waals surface area contributed by atoms with Gasteiger partial charge in [-0.15, -0.1) is 0 Å². The monoisotopic (exact) mass is 279 g/mol. The molecule has 0 spiro atoms. The van der Waals surface area contributed by atoms with Crippen LogP contribution in [0, 0.1) is 17.8 Å². The molecule has 5 nitrogen and oxygen atoms in total. The van der Waals surface area contributed by atoms with Crippen molar-refractivity contribution in [2.75, 3.05) is 0 Å². The number of carbonyl (C=O) groups excluding carboxylic acids is 2. The lowest BCUT2D eigenvalue weighted by Crippen LogP contribution is -2.59. The Balaban J connectivity index is 1.98. The zero-order valence-corrected chi connectivity index (χ0v) is 11.8. The number of nitrogens with zero attached hydrogens (tertiary/aromatic N) is 1. The zero-order chi connectivity index (χ0) is 14.5. The van der Waals surface area contributed by atoms with Gasteiger partial charge in [0.05, 0.1) is 11.8 Å². The molecule has 0 radical (unpaired) electrons. The minimum absolute atomic E-state index is 0.228. The average Bonchev–Trinajstić information content (AvgIpc) is 2.94. The maximum absolute atomic E-state index is 12.6. The molecule has 1 N–H and O–H groups in total. The van der Waals surface area contributed by atoms with Crippen LogP contribution < -0.4 is 0 Å². The van der Waals surface area contributed by atoms with E-state index in [4.69, 9.17) is 0 Å². The summed E-state index contributed by atoms with van der Waals surface area (Å²) in [6.45, 7) is 2.00. The van der Waals surface area contributed by atoms with Gasteiger partial charge in [-0.05, 0) is 31.6 Å². The van der Waals surface area contributed by atoms with Crippen LogP contribution in [0.5, 0.6) is 0 Å². The Hall–Kier alpha value is -1.39. The number of fused-ring (bicyclic) bond motifs is 1. The van der Waals surface area contributed by atoms with Crippen LogP contribution in [0.4, 0.5) is 0 Å². The van der Waals surface area contributed by atoms with Crippen molar-refractivity contribution < 1.29 is 19.5 Å². The molecule has 1 heterocycles. The summed E-state index contributed by atoms with van der Waals surface area (Å²) < 4.78 is 0. The highest BCUT2D eigenvalue weighted by Crippen LogP contribution is 2.46. The number of carbonyl (C=O) groups is 3. The first-order valence-corrected chi connectivity index (χ1v) is 7.58. The molecule has 1 aliphatic heterocycles. The molecule has 2 aliphatic carbocycles. The molecule has 0 aromatic rings. The molecule has 1 saturated heterocycles. The van der Waals surface area contributed by atoms with Crippen molar-refractivity contribution >= 4 is 17.8 Å². The Kier molecular flexibility index (Phi) is 3.10. The standard InChI is InChI=1S/C15H21NO4/c1-9-4-3-7-15(8-9,14(19)20)16-12(17)10-5-2-6-11(10)13(16)18/h9-11H,2-8H2,1H3,(H,19,20). The first-order valence-electron chi connectivity index (χ1n) is 7.58. The van der Waals surface area contributed by atoms with Crippen LogP contribution in [0.2, 0.25) is 0 Å². The first-order chi connectivity index (χ1) is 9.47. The fraction of sp³-hybridized carbons (Fsp3) is 0.800. The molecule has 3 fully saturated rings. The highest BCUT2D eigenvalue weighted by molar-refractivity contribution is 6.09. The highest BCUT2D eigenvalue weighted by atomic mass is 16.4.